The number of aliphatic imine (C=N–C) groups is 1. The first-order valence-corrected chi connectivity index (χ1v) is 8.60. The summed E-state index contributed by atoms with van der Waals surface area (Å²) in [6.07, 6.45) is 0.942. The lowest BCUT2D eigenvalue weighted by atomic mass is 9.86. The van der Waals surface area contributed by atoms with Crippen molar-refractivity contribution < 1.29 is 9.47 Å². The maximum Gasteiger partial charge on any atom is 0.191 e. The van der Waals surface area contributed by atoms with E-state index in [4.69, 9.17) is 21.1 Å². The topological polar surface area (TPSA) is 54.9 Å². The van der Waals surface area contributed by atoms with Crippen molar-refractivity contribution >= 4 is 41.5 Å². The molecule has 1 aromatic carbocycles. The van der Waals surface area contributed by atoms with Crippen LogP contribution in [-0.2, 0) is 15.9 Å². The number of hydrogen-bond acceptors (Lipinski definition) is 3. The van der Waals surface area contributed by atoms with Crippen molar-refractivity contribution in [2.45, 2.75) is 20.3 Å². The summed E-state index contributed by atoms with van der Waals surface area (Å²) in [4.78, 5) is 4.24. The number of benzene rings is 1. The van der Waals surface area contributed by atoms with Crippen LogP contribution in [0.4, 0.5) is 0 Å². The van der Waals surface area contributed by atoms with E-state index in [9.17, 15) is 0 Å². The summed E-state index contributed by atoms with van der Waals surface area (Å²) in [5.74, 6) is 0.782. The third-order valence-corrected chi connectivity index (χ3v) is 3.74. The Morgan fingerprint density at radius 3 is 2.60 bits per heavy atom. The molecule has 0 aliphatic heterocycles. The second-order valence-electron chi connectivity index (χ2n) is 6.43. The molecule has 1 rings (SSSR count). The van der Waals surface area contributed by atoms with Crippen LogP contribution < -0.4 is 10.6 Å². The molecule has 0 amide bonds. The molecule has 0 unspecified atom stereocenters. The third-order valence-electron chi connectivity index (χ3n) is 3.50. The number of ether oxygens (including phenoxy) is 2. The van der Waals surface area contributed by atoms with Crippen LogP contribution in [0.2, 0.25) is 5.02 Å². The fraction of sp³-hybridized carbons (Fsp3) is 0.611. The van der Waals surface area contributed by atoms with Crippen LogP contribution >= 0.6 is 35.6 Å². The zero-order chi connectivity index (χ0) is 17.8. The van der Waals surface area contributed by atoms with E-state index in [1.807, 2.05) is 18.2 Å². The minimum absolute atomic E-state index is 0. The molecule has 144 valence electrons. The zero-order valence-electron chi connectivity index (χ0n) is 15.6. The molecule has 0 aliphatic carbocycles. The van der Waals surface area contributed by atoms with Gasteiger partial charge in [0, 0.05) is 32.3 Å². The first kappa shape index (κ1) is 24.4. The molecule has 0 radical (unpaired) electrons. The number of halogens is 2. The second kappa shape index (κ2) is 13.6. The van der Waals surface area contributed by atoms with Crippen molar-refractivity contribution in [1.29, 1.82) is 0 Å². The van der Waals surface area contributed by atoms with Crippen LogP contribution in [0.15, 0.2) is 29.3 Å². The monoisotopic (exact) mass is 483 g/mol. The van der Waals surface area contributed by atoms with E-state index in [0.717, 1.165) is 23.9 Å². The summed E-state index contributed by atoms with van der Waals surface area (Å²) >= 11 is 6.06. The van der Waals surface area contributed by atoms with Gasteiger partial charge in [0.1, 0.15) is 0 Å². The van der Waals surface area contributed by atoms with Gasteiger partial charge < -0.3 is 20.1 Å². The Labute approximate surface area is 173 Å². The zero-order valence-corrected chi connectivity index (χ0v) is 18.7. The van der Waals surface area contributed by atoms with E-state index in [0.29, 0.717) is 26.4 Å². The summed E-state index contributed by atoms with van der Waals surface area (Å²) in [5.41, 5.74) is 1.32. The highest BCUT2D eigenvalue weighted by molar-refractivity contribution is 14.0. The molecule has 0 aromatic heterocycles. The SMILES string of the molecule is CN=C(NCCOCCOC)NCC(C)(C)Cc1cccc(Cl)c1.I. The van der Waals surface area contributed by atoms with E-state index in [1.165, 1.54) is 5.56 Å². The molecule has 0 saturated carbocycles. The largest absolute Gasteiger partial charge is 0.382 e. The summed E-state index contributed by atoms with van der Waals surface area (Å²) in [5, 5.41) is 7.40. The van der Waals surface area contributed by atoms with E-state index in [-0.39, 0.29) is 29.4 Å². The van der Waals surface area contributed by atoms with Crippen molar-refractivity contribution in [3.63, 3.8) is 0 Å². The van der Waals surface area contributed by atoms with Crippen molar-refractivity contribution in [2.75, 3.05) is 47.1 Å². The van der Waals surface area contributed by atoms with Crippen LogP contribution in [0, 0.1) is 5.41 Å². The first-order valence-electron chi connectivity index (χ1n) is 8.22. The van der Waals surface area contributed by atoms with Crippen LogP contribution in [0.3, 0.4) is 0 Å². The van der Waals surface area contributed by atoms with E-state index in [1.54, 1.807) is 14.2 Å². The molecule has 0 heterocycles. The minimum Gasteiger partial charge on any atom is -0.382 e. The molecule has 25 heavy (non-hydrogen) atoms. The molecule has 0 saturated heterocycles. The Kier molecular flexibility index (Phi) is 13.3. The van der Waals surface area contributed by atoms with Crippen molar-refractivity contribution in [3.8, 4) is 0 Å². The van der Waals surface area contributed by atoms with E-state index >= 15 is 0 Å². The van der Waals surface area contributed by atoms with Gasteiger partial charge in [-0.05, 0) is 29.5 Å². The van der Waals surface area contributed by atoms with E-state index < -0.39 is 0 Å². The van der Waals surface area contributed by atoms with Crippen molar-refractivity contribution in [1.82, 2.24) is 10.6 Å². The van der Waals surface area contributed by atoms with Crippen LogP contribution in [-0.4, -0.2) is 53.0 Å². The summed E-state index contributed by atoms with van der Waals surface area (Å²) in [7, 11) is 3.43. The van der Waals surface area contributed by atoms with Crippen molar-refractivity contribution in [3.05, 3.63) is 34.9 Å². The Hall–Kier alpha value is -0.570. The number of nitrogens with one attached hydrogen (secondary N) is 2. The van der Waals surface area contributed by atoms with Crippen LogP contribution in [0.1, 0.15) is 19.4 Å². The minimum atomic E-state index is 0. The predicted molar refractivity (Wildman–Crippen MR) is 116 cm³/mol. The lowest BCUT2D eigenvalue weighted by Crippen LogP contribution is -2.43. The lowest BCUT2D eigenvalue weighted by Gasteiger charge is -2.26. The fourth-order valence-electron chi connectivity index (χ4n) is 2.29. The van der Waals surface area contributed by atoms with Gasteiger partial charge in [-0.1, -0.05) is 37.6 Å². The number of methoxy groups -OCH3 is 1. The first-order chi connectivity index (χ1) is 11.5. The highest BCUT2D eigenvalue weighted by Gasteiger charge is 2.19. The van der Waals surface area contributed by atoms with Gasteiger partial charge in [-0.2, -0.15) is 0 Å². The summed E-state index contributed by atoms with van der Waals surface area (Å²) in [6.45, 7) is 7.81. The Morgan fingerprint density at radius 1 is 1.20 bits per heavy atom. The highest BCUT2D eigenvalue weighted by Crippen LogP contribution is 2.22. The maximum atomic E-state index is 6.06. The molecule has 5 nitrogen and oxygen atoms in total. The number of guanidine groups is 1. The van der Waals surface area contributed by atoms with Gasteiger partial charge in [-0.15, -0.1) is 24.0 Å². The normalized spacial score (nSPS) is 11.8. The van der Waals surface area contributed by atoms with Gasteiger partial charge in [0.05, 0.1) is 19.8 Å². The summed E-state index contributed by atoms with van der Waals surface area (Å²) in [6, 6.07) is 8.02. The lowest BCUT2D eigenvalue weighted by molar-refractivity contribution is 0.0733. The molecule has 0 spiro atoms. The second-order valence-corrected chi connectivity index (χ2v) is 6.87. The predicted octanol–water partition coefficient (Wildman–Crippen LogP) is 3.35. The summed E-state index contributed by atoms with van der Waals surface area (Å²) < 4.78 is 10.4. The Bertz CT molecular complexity index is 513. The number of rotatable bonds is 10. The fourth-order valence-corrected chi connectivity index (χ4v) is 2.50. The number of nitrogens with zero attached hydrogens (tertiary/aromatic N) is 1. The Morgan fingerprint density at radius 2 is 1.96 bits per heavy atom. The highest BCUT2D eigenvalue weighted by atomic mass is 127. The molecular weight excluding hydrogens is 453 g/mol. The van der Waals surface area contributed by atoms with Gasteiger partial charge in [-0.3, -0.25) is 4.99 Å². The van der Waals surface area contributed by atoms with Crippen molar-refractivity contribution in [2.24, 2.45) is 10.4 Å². The molecule has 2 N–H and O–H groups in total. The average molecular weight is 484 g/mol. The quantitative estimate of drug-likeness (QED) is 0.232. The molecule has 1 aromatic rings. The van der Waals surface area contributed by atoms with E-state index in [2.05, 4.69) is 35.5 Å². The van der Waals surface area contributed by atoms with Gasteiger partial charge in [0.15, 0.2) is 5.96 Å². The molecule has 0 atom stereocenters. The van der Waals surface area contributed by atoms with Gasteiger partial charge in [-0.25, -0.2) is 0 Å². The molecule has 0 aliphatic rings. The van der Waals surface area contributed by atoms with Gasteiger partial charge in [0.25, 0.3) is 0 Å². The molecule has 0 fully saturated rings. The van der Waals surface area contributed by atoms with Gasteiger partial charge in [0.2, 0.25) is 0 Å². The molecular formula is C18H31ClIN3O2. The smallest absolute Gasteiger partial charge is 0.191 e. The van der Waals surface area contributed by atoms with Gasteiger partial charge >= 0.3 is 0 Å². The molecule has 0 bridgehead atoms. The maximum absolute atomic E-state index is 6.06. The third kappa shape index (κ3) is 11.6. The number of hydrogen-bond donors (Lipinski definition) is 2. The average Bonchev–Trinajstić information content (AvgIpc) is 2.53. The standard InChI is InChI=1S/C18H30ClN3O2.HI/c1-18(2,13-15-6-5-7-16(19)12-15)14-22-17(20-3)21-8-9-24-11-10-23-4;/h5-7,12H,8-11,13-14H2,1-4H3,(H2,20,21,22);1H. The molecule has 7 heteroatoms. The van der Waals surface area contributed by atoms with Crippen LogP contribution in [0.5, 0.6) is 0 Å². The van der Waals surface area contributed by atoms with Crippen LogP contribution in [0.25, 0.3) is 0 Å². The Balaban J connectivity index is 0.00000576.